The number of hydrogen-bond acceptors (Lipinski definition) is 4. The van der Waals surface area contributed by atoms with Crippen molar-refractivity contribution in [3.63, 3.8) is 0 Å². The van der Waals surface area contributed by atoms with E-state index in [9.17, 15) is 4.79 Å². The number of hydrogen-bond donors (Lipinski definition) is 2. The predicted molar refractivity (Wildman–Crippen MR) is 93.4 cm³/mol. The lowest BCUT2D eigenvalue weighted by Crippen LogP contribution is -2.51. The van der Waals surface area contributed by atoms with Crippen LogP contribution >= 0.6 is 0 Å². The molecular weight excluding hydrogens is 304 g/mol. The molecular formula is C19H22N2O3. The highest BCUT2D eigenvalue weighted by Crippen LogP contribution is 2.26. The van der Waals surface area contributed by atoms with Crippen LogP contribution in [0.25, 0.3) is 0 Å². The zero-order chi connectivity index (χ0) is 16.8. The molecule has 3 rings (SSSR count). The Balaban J connectivity index is 1.64. The monoisotopic (exact) mass is 326 g/mol. The van der Waals surface area contributed by atoms with Crippen LogP contribution in [0.3, 0.4) is 0 Å². The first-order chi connectivity index (χ1) is 11.7. The summed E-state index contributed by atoms with van der Waals surface area (Å²) in [5.41, 5.74) is -0.0138. The topological polar surface area (TPSA) is 59.6 Å². The summed E-state index contributed by atoms with van der Waals surface area (Å²) < 4.78 is 11.3. The lowest BCUT2D eigenvalue weighted by Gasteiger charge is -2.34. The zero-order valence-corrected chi connectivity index (χ0v) is 13.7. The molecule has 24 heavy (non-hydrogen) atoms. The molecule has 1 saturated heterocycles. The number of anilines is 1. The fraction of sp³-hybridized carbons (Fsp3) is 0.316. The van der Waals surface area contributed by atoms with Crippen LogP contribution in [0.5, 0.6) is 11.5 Å². The molecule has 0 spiro atoms. The second-order valence-electron chi connectivity index (χ2n) is 5.84. The van der Waals surface area contributed by atoms with Crippen LogP contribution in [0.2, 0.25) is 0 Å². The van der Waals surface area contributed by atoms with Crippen molar-refractivity contribution >= 4 is 11.6 Å². The largest absolute Gasteiger partial charge is 0.457 e. The van der Waals surface area contributed by atoms with E-state index in [4.69, 9.17) is 9.47 Å². The van der Waals surface area contributed by atoms with Gasteiger partial charge in [-0.3, -0.25) is 4.79 Å². The van der Waals surface area contributed by atoms with Crippen LogP contribution in [0.1, 0.15) is 12.8 Å². The Kier molecular flexibility index (Phi) is 5.13. The Bertz CT molecular complexity index is 665. The van der Waals surface area contributed by atoms with Gasteiger partial charge in [0.1, 0.15) is 17.1 Å². The summed E-state index contributed by atoms with van der Waals surface area (Å²) in [7, 11) is 1.60. The van der Waals surface area contributed by atoms with Gasteiger partial charge in [-0.15, -0.1) is 0 Å². The molecule has 1 heterocycles. The molecule has 1 fully saturated rings. The molecule has 1 amide bonds. The normalized spacial score (nSPS) is 16.4. The van der Waals surface area contributed by atoms with Gasteiger partial charge in [-0.1, -0.05) is 18.2 Å². The molecule has 5 heteroatoms. The van der Waals surface area contributed by atoms with Gasteiger partial charge in [0, 0.05) is 12.8 Å². The molecule has 126 valence electrons. The third kappa shape index (κ3) is 3.75. The Morgan fingerprint density at radius 1 is 1.00 bits per heavy atom. The average molecular weight is 326 g/mol. The number of rotatable bonds is 5. The number of amides is 1. The number of benzene rings is 2. The number of piperidine rings is 1. The van der Waals surface area contributed by atoms with Gasteiger partial charge >= 0.3 is 0 Å². The molecule has 0 aromatic heterocycles. The van der Waals surface area contributed by atoms with Crippen molar-refractivity contribution in [2.75, 3.05) is 25.5 Å². The van der Waals surface area contributed by atoms with Gasteiger partial charge in [0.25, 0.3) is 5.91 Å². The molecule has 1 aliphatic rings. The standard InChI is InChI=1S/C19H22N2O3/c1-23-19(11-13-20-14-12-19)18(22)21-15-7-9-17(10-8-15)24-16-5-3-2-4-6-16/h2-10,20H,11-14H2,1H3,(H,21,22). The number of methoxy groups -OCH3 is 1. The SMILES string of the molecule is COC1(C(=O)Nc2ccc(Oc3ccccc3)cc2)CCNCC1. The minimum atomic E-state index is -0.746. The van der Waals surface area contributed by atoms with Gasteiger partial charge in [-0.2, -0.15) is 0 Å². The Hall–Kier alpha value is -2.37. The van der Waals surface area contributed by atoms with E-state index in [0.717, 1.165) is 30.3 Å². The van der Waals surface area contributed by atoms with E-state index in [1.165, 1.54) is 0 Å². The second-order valence-corrected chi connectivity index (χ2v) is 5.84. The summed E-state index contributed by atoms with van der Waals surface area (Å²) in [6, 6.07) is 16.9. The van der Waals surface area contributed by atoms with Gasteiger partial charge in [0.15, 0.2) is 0 Å². The summed E-state index contributed by atoms with van der Waals surface area (Å²) in [5, 5.41) is 6.19. The summed E-state index contributed by atoms with van der Waals surface area (Å²) in [5.74, 6) is 1.41. The van der Waals surface area contributed by atoms with E-state index in [0.29, 0.717) is 12.8 Å². The maximum absolute atomic E-state index is 12.6. The fourth-order valence-electron chi connectivity index (χ4n) is 2.83. The average Bonchev–Trinajstić information content (AvgIpc) is 2.64. The van der Waals surface area contributed by atoms with E-state index in [2.05, 4.69) is 10.6 Å². The number of carbonyl (C=O) groups excluding carboxylic acids is 1. The Morgan fingerprint density at radius 2 is 1.62 bits per heavy atom. The van der Waals surface area contributed by atoms with E-state index in [-0.39, 0.29) is 5.91 Å². The highest BCUT2D eigenvalue weighted by atomic mass is 16.5. The molecule has 0 unspecified atom stereocenters. The van der Waals surface area contributed by atoms with Crippen molar-refractivity contribution < 1.29 is 14.3 Å². The minimum Gasteiger partial charge on any atom is -0.457 e. The molecule has 0 atom stereocenters. The third-order valence-corrected chi connectivity index (χ3v) is 4.31. The van der Waals surface area contributed by atoms with Crippen molar-refractivity contribution in [3.05, 3.63) is 54.6 Å². The molecule has 0 bridgehead atoms. The van der Waals surface area contributed by atoms with Crippen molar-refractivity contribution in [3.8, 4) is 11.5 Å². The maximum Gasteiger partial charge on any atom is 0.256 e. The van der Waals surface area contributed by atoms with Crippen molar-refractivity contribution in [1.82, 2.24) is 5.32 Å². The van der Waals surface area contributed by atoms with Gasteiger partial charge in [0.05, 0.1) is 0 Å². The van der Waals surface area contributed by atoms with Crippen LogP contribution < -0.4 is 15.4 Å². The molecule has 2 aromatic rings. The second kappa shape index (κ2) is 7.47. The quantitative estimate of drug-likeness (QED) is 0.886. The van der Waals surface area contributed by atoms with E-state index < -0.39 is 5.60 Å². The fourth-order valence-corrected chi connectivity index (χ4v) is 2.83. The van der Waals surface area contributed by atoms with Crippen LogP contribution in [0.4, 0.5) is 5.69 Å². The molecule has 0 aliphatic carbocycles. The van der Waals surface area contributed by atoms with Gasteiger partial charge < -0.3 is 20.1 Å². The summed E-state index contributed by atoms with van der Waals surface area (Å²) in [6.45, 7) is 1.57. The predicted octanol–water partition coefficient (Wildman–Crippen LogP) is 3.19. The molecule has 0 saturated carbocycles. The number of ether oxygens (including phenoxy) is 2. The highest BCUT2D eigenvalue weighted by Gasteiger charge is 2.39. The number of para-hydroxylation sites is 1. The summed E-state index contributed by atoms with van der Waals surface area (Å²) in [6.07, 6.45) is 1.34. The lowest BCUT2D eigenvalue weighted by molar-refractivity contribution is -0.140. The molecule has 1 aliphatic heterocycles. The molecule has 2 aromatic carbocycles. The molecule has 2 N–H and O–H groups in total. The van der Waals surface area contributed by atoms with Crippen molar-refractivity contribution in [2.24, 2.45) is 0 Å². The first-order valence-electron chi connectivity index (χ1n) is 8.12. The van der Waals surface area contributed by atoms with Crippen LogP contribution in [0.15, 0.2) is 54.6 Å². The smallest absolute Gasteiger partial charge is 0.256 e. The number of nitrogens with one attached hydrogen (secondary N) is 2. The first kappa shape index (κ1) is 16.5. The Labute approximate surface area is 142 Å². The highest BCUT2D eigenvalue weighted by molar-refractivity contribution is 5.97. The van der Waals surface area contributed by atoms with Gasteiger partial charge in [-0.05, 0) is 62.3 Å². The summed E-state index contributed by atoms with van der Waals surface area (Å²) in [4.78, 5) is 12.6. The van der Waals surface area contributed by atoms with Crippen LogP contribution in [0, 0.1) is 0 Å². The zero-order valence-electron chi connectivity index (χ0n) is 13.7. The van der Waals surface area contributed by atoms with E-state index in [1.807, 2.05) is 54.6 Å². The minimum absolute atomic E-state index is 0.0942. The van der Waals surface area contributed by atoms with Crippen LogP contribution in [-0.2, 0) is 9.53 Å². The van der Waals surface area contributed by atoms with Crippen molar-refractivity contribution in [1.29, 1.82) is 0 Å². The number of carbonyl (C=O) groups is 1. The molecule has 0 radical (unpaired) electrons. The lowest BCUT2D eigenvalue weighted by atomic mass is 9.91. The van der Waals surface area contributed by atoms with Gasteiger partial charge in [0.2, 0.25) is 0 Å². The van der Waals surface area contributed by atoms with Gasteiger partial charge in [-0.25, -0.2) is 0 Å². The molecule has 5 nitrogen and oxygen atoms in total. The Morgan fingerprint density at radius 3 is 2.25 bits per heavy atom. The van der Waals surface area contributed by atoms with E-state index >= 15 is 0 Å². The maximum atomic E-state index is 12.6. The van der Waals surface area contributed by atoms with Crippen LogP contribution in [-0.4, -0.2) is 31.7 Å². The third-order valence-electron chi connectivity index (χ3n) is 4.31. The van der Waals surface area contributed by atoms with E-state index in [1.54, 1.807) is 7.11 Å². The summed E-state index contributed by atoms with van der Waals surface area (Å²) >= 11 is 0. The first-order valence-corrected chi connectivity index (χ1v) is 8.12. The van der Waals surface area contributed by atoms with Crippen molar-refractivity contribution in [2.45, 2.75) is 18.4 Å².